The molecule has 94 valence electrons. The van der Waals surface area contributed by atoms with Gasteiger partial charge in [-0.3, -0.25) is 0 Å². The fourth-order valence-corrected chi connectivity index (χ4v) is 1.72. The van der Waals surface area contributed by atoms with Crippen LogP contribution in [0.25, 0.3) is 0 Å². The third-order valence-electron chi connectivity index (χ3n) is 2.68. The summed E-state index contributed by atoms with van der Waals surface area (Å²) in [6.45, 7) is 3.61. The smallest absolute Gasteiger partial charge is 1.00 e. The van der Waals surface area contributed by atoms with Gasteiger partial charge in [-0.25, -0.2) is 0 Å². The van der Waals surface area contributed by atoms with Crippen molar-refractivity contribution in [2.75, 3.05) is 27.7 Å². The van der Waals surface area contributed by atoms with E-state index in [-0.39, 0.29) is 42.0 Å². The molecule has 0 fully saturated rings. The number of hydrogen-bond acceptors (Lipinski definition) is 0. The Bertz CT molecular complexity index is 124. The summed E-state index contributed by atoms with van der Waals surface area (Å²) in [5, 5.41) is 0. The third kappa shape index (κ3) is 20.6. The van der Waals surface area contributed by atoms with Crippen molar-refractivity contribution in [2.45, 2.75) is 58.3 Å². The summed E-state index contributed by atoms with van der Waals surface area (Å²) >= 11 is 0. The van der Waals surface area contributed by atoms with Crippen molar-refractivity contribution in [1.29, 1.82) is 0 Å². The van der Waals surface area contributed by atoms with Gasteiger partial charge in [-0.1, -0.05) is 45.4 Å². The van der Waals surface area contributed by atoms with Crippen molar-refractivity contribution in [3.05, 3.63) is 0 Å². The maximum Gasteiger partial charge on any atom is 1.00 e. The van der Waals surface area contributed by atoms with Crippen molar-refractivity contribution in [2.24, 2.45) is 0 Å². The second kappa shape index (κ2) is 14.3. The second-order valence-electron chi connectivity index (χ2n) is 5.49. The first-order valence-corrected chi connectivity index (χ1v) is 6.36. The zero-order chi connectivity index (χ0) is 10.9. The van der Waals surface area contributed by atoms with Crippen LogP contribution in [0.15, 0.2) is 0 Å². The molecular weight excluding hydrogens is 229 g/mol. The van der Waals surface area contributed by atoms with E-state index in [1.54, 1.807) is 0 Å². The van der Waals surface area contributed by atoms with Crippen LogP contribution in [0.4, 0.5) is 0 Å². The molecule has 0 heterocycles. The Hall–Kier alpha value is 1.25. The van der Waals surface area contributed by atoms with Crippen LogP contribution in [0, 0.1) is 0 Å². The van der Waals surface area contributed by atoms with Crippen LogP contribution >= 0.6 is 0 Å². The molecule has 0 bridgehead atoms. The van der Waals surface area contributed by atoms with Crippen LogP contribution in [-0.2, 0) is 0 Å². The van der Waals surface area contributed by atoms with E-state index in [2.05, 4.69) is 28.1 Å². The Kier molecular flexibility index (Phi) is 20.1. The molecule has 0 aromatic heterocycles. The summed E-state index contributed by atoms with van der Waals surface area (Å²) in [6, 6.07) is 0. The summed E-state index contributed by atoms with van der Waals surface area (Å²) in [7, 11) is 6.84. The minimum atomic E-state index is 0. The normalized spacial score (nSPS) is 10.5. The van der Waals surface area contributed by atoms with Gasteiger partial charge in [-0.05, 0) is 12.8 Å². The van der Waals surface area contributed by atoms with Crippen molar-refractivity contribution in [1.82, 2.24) is 0 Å². The molecule has 16 heavy (non-hydrogen) atoms. The third-order valence-corrected chi connectivity index (χ3v) is 2.68. The summed E-state index contributed by atoms with van der Waals surface area (Å²) < 4.78 is 1.12. The Labute approximate surface area is 132 Å². The number of rotatable bonds is 9. The van der Waals surface area contributed by atoms with Crippen LogP contribution in [0.3, 0.4) is 0 Å². The van der Waals surface area contributed by atoms with Gasteiger partial charge in [0.15, 0.2) is 0 Å². The number of unbranched alkanes of at least 4 members (excludes halogenated alkanes) is 7. The molecule has 0 spiro atoms. The Morgan fingerprint density at radius 1 is 0.688 bits per heavy atom. The van der Waals surface area contributed by atoms with Gasteiger partial charge in [-0.15, -0.1) is 0 Å². The monoisotopic (exact) mass is 258 g/mol. The van der Waals surface area contributed by atoms with Crippen LogP contribution in [-0.4, -0.2) is 32.2 Å². The average Bonchev–Trinajstić information content (AvgIpc) is 2.08. The van der Waals surface area contributed by atoms with E-state index < -0.39 is 0 Å². The summed E-state index contributed by atoms with van der Waals surface area (Å²) in [5.74, 6) is 0. The van der Waals surface area contributed by atoms with Crippen molar-refractivity contribution in [3.63, 3.8) is 0 Å². The van der Waals surface area contributed by atoms with Crippen molar-refractivity contribution >= 4 is 0 Å². The number of hydrogen-bond donors (Lipinski definition) is 0. The topological polar surface area (TPSA) is 0 Å². The number of quaternary nitrogens is 1. The molecule has 0 unspecified atom stereocenters. The average molecular weight is 259 g/mol. The SMILES string of the molecule is CCCCCCCCCC[N+](C)(C)C.[Cl-].[Na+]. The molecule has 0 aliphatic rings. The largest absolute Gasteiger partial charge is 1.00 e. The van der Waals surface area contributed by atoms with Gasteiger partial charge in [0.25, 0.3) is 0 Å². The Morgan fingerprint density at radius 3 is 1.44 bits per heavy atom. The van der Waals surface area contributed by atoms with Crippen LogP contribution in [0.2, 0.25) is 0 Å². The summed E-state index contributed by atoms with van der Waals surface area (Å²) in [4.78, 5) is 0. The molecular formula is C13H30ClNNa+. The van der Waals surface area contributed by atoms with Gasteiger partial charge in [0.05, 0.1) is 27.7 Å². The molecule has 0 N–H and O–H groups in total. The van der Waals surface area contributed by atoms with Crippen molar-refractivity contribution < 1.29 is 46.4 Å². The molecule has 0 saturated carbocycles. The van der Waals surface area contributed by atoms with Crippen LogP contribution in [0.5, 0.6) is 0 Å². The van der Waals surface area contributed by atoms with Gasteiger partial charge >= 0.3 is 29.6 Å². The predicted molar refractivity (Wildman–Crippen MR) is 65.5 cm³/mol. The van der Waals surface area contributed by atoms with Crippen LogP contribution in [0.1, 0.15) is 58.3 Å². The zero-order valence-electron chi connectivity index (χ0n) is 12.2. The van der Waals surface area contributed by atoms with Gasteiger partial charge in [0, 0.05) is 0 Å². The molecule has 1 nitrogen and oxygen atoms in total. The van der Waals surface area contributed by atoms with Gasteiger partial charge in [0.1, 0.15) is 0 Å². The fraction of sp³-hybridized carbons (Fsp3) is 1.00. The van der Waals surface area contributed by atoms with Gasteiger partial charge < -0.3 is 16.9 Å². The molecule has 0 aliphatic heterocycles. The zero-order valence-corrected chi connectivity index (χ0v) is 14.9. The van der Waals surface area contributed by atoms with Crippen LogP contribution < -0.4 is 42.0 Å². The molecule has 0 amide bonds. The van der Waals surface area contributed by atoms with E-state index in [0.717, 1.165) is 4.48 Å². The molecule has 3 heteroatoms. The molecule has 0 aliphatic carbocycles. The maximum absolute atomic E-state index is 2.28. The van der Waals surface area contributed by atoms with Gasteiger partial charge in [0.2, 0.25) is 0 Å². The summed E-state index contributed by atoms with van der Waals surface area (Å²) in [5.41, 5.74) is 0. The first kappa shape index (κ1) is 22.4. The predicted octanol–water partition coefficient (Wildman–Crippen LogP) is -2.16. The molecule has 0 atom stereocenters. The van der Waals surface area contributed by atoms with Crippen molar-refractivity contribution in [3.8, 4) is 0 Å². The van der Waals surface area contributed by atoms with E-state index in [1.165, 1.54) is 57.9 Å². The Balaban J connectivity index is -0.000000845. The number of nitrogens with zero attached hydrogens (tertiary/aromatic N) is 1. The first-order chi connectivity index (χ1) is 6.56. The van der Waals surface area contributed by atoms with E-state index in [0.29, 0.717) is 0 Å². The standard InChI is InChI=1S/C13H30N.ClH.Na/c1-5-6-7-8-9-10-11-12-13-14(2,3)4;;/h5-13H2,1-4H3;1H;/q+1;;+1/p-1. The quantitative estimate of drug-likeness (QED) is 0.251. The maximum atomic E-state index is 2.28. The fourth-order valence-electron chi connectivity index (χ4n) is 1.72. The molecule has 0 aromatic carbocycles. The molecule has 0 radical (unpaired) electrons. The van der Waals surface area contributed by atoms with E-state index in [1.807, 2.05) is 0 Å². The number of halogens is 1. The van der Waals surface area contributed by atoms with Gasteiger partial charge in [-0.2, -0.15) is 0 Å². The summed E-state index contributed by atoms with van der Waals surface area (Å²) in [6.07, 6.45) is 11.4. The molecule has 0 saturated heterocycles. The molecule has 0 aromatic rings. The molecule has 0 rings (SSSR count). The Morgan fingerprint density at radius 2 is 1.06 bits per heavy atom. The second-order valence-corrected chi connectivity index (χ2v) is 5.49. The van der Waals surface area contributed by atoms with E-state index >= 15 is 0 Å². The minimum absolute atomic E-state index is 0. The van der Waals surface area contributed by atoms with E-state index in [9.17, 15) is 0 Å². The van der Waals surface area contributed by atoms with E-state index in [4.69, 9.17) is 0 Å². The first-order valence-electron chi connectivity index (χ1n) is 6.36. The minimum Gasteiger partial charge on any atom is -1.00 e.